The van der Waals surface area contributed by atoms with Crippen molar-refractivity contribution in [2.24, 2.45) is 12.8 Å². The van der Waals surface area contributed by atoms with Crippen molar-refractivity contribution in [2.75, 3.05) is 0 Å². The third-order valence-electron chi connectivity index (χ3n) is 3.26. The van der Waals surface area contributed by atoms with Gasteiger partial charge in [0, 0.05) is 18.8 Å². The molecule has 4 nitrogen and oxygen atoms in total. The SMILES string of the molecule is Cc1nn(C)c(C)c1C(C)CC(O)C(C)N. The van der Waals surface area contributed by atoms with E-state index in [1.165, 1.54) is 11.3 Å². The number of nitrogens with zero attached hydrogens (tertiary/aromatic N) is 2. The molecular weight excluding hydrogens is 202 g/mol. The first-order valence-corrected chi connectivity index (χ1v) is 5.78. The van der Waals surface area contributed by atoms with E-state index >= 15 is 0 Å². The highest BCUT2D eigenvalue weighted by atomic mass is 16.3. The summed E-state index contributed by atoms with van der Waals surface area (Å²) in [5.41, 5.74) is 9.13. The fourth-order valence-electron chi connectivity index (χ4n) is 2.20. The molecule has 16 heavy (non-hydrogen) atoms. The Hall–Kier alpha value is -0.870. The molecule has 3 N–H and O–H groups in total. The third kappa shape index (κ3) is 2.62. The molecule has 0 saturated carbocycles. The van der Waals surface area contributed by atoms with E-state index in [1.807, 2.05) is 25.6 Å². The molecule has 92 valence electrons. The topological polar surface area (TPSA) is 64.1 Å². The van der Waals surface area contributed by atoms with E-state index in [4.69, 9.17) is 5.73 Å². The molecular formula is C12H23N3O. The Kier molecular flexibility index (Phi) is 4.10. The van der Waals surface area contributed by atoms with Gasteiger partial charge in [0.1, 0.15) is 0 Å². The molecule has 0 aromatic carbocycles. The Morgan fingerprint density at radius 1 is 1.38 bits per heavy atom. The largest absolute Gasteiger partial charge is 0.392 e. The van der Waals surface area contributed by atoms with Crippen LogP contribution in [0.1, 0.15) is 43.1 Å². The van der Waals surface area contributed by atoms with Crippen LogP contribution in [0.15, 0.2) is 0 Å². The summed E-state index contributed by atoms with van der Waals surface area (Å²) in [6.07, 6.45) is 0.236. The molecule has 3 unspecified atom stereocenters. The maximum atomic E-state index is 9.79. The first kappa shape index (κ1) is 13.2. The van der Waals surface area contributed by atoms with Gasteiger partial charge in [0.25, 0.3) is 0 Å². The van der Waals surface area contributed by atoms with Gasteiger partial charge in [-0.1, -0.05) is 6.92 Å². The standard InChI is InChI=1S/C12H23N3O/c1-7(6-11(16)8(2)13)12-9(3)14-15(5)10(12)4/h7-8,11,16H,6,13H2,1-5H3. The highest BCUT2D eigenvalue weighted by Gasteiger charge is 2.20. The Balaban J connectivity index is 2.84. The molecule has 0 aliphatic carbocycles. The average Bonchev–Trinajstić information content (AvgIpc) is 2.40. The molecule has 1 heterocycles. The lowest BCUT2D eigenvalue weighted by Crippen LogP contribution is -2.32. The first-order chi connectivity index (χ1) is 7.34. The lowest BCUT2D eigenvalue weighted by Gasteiger charge is -2.19. The van der Waals surface area contributed by atoms with Gasteiger partial charge in [-0.3, -0.25) is 4.68 Å². The van der Waals surface area contributed by atoms with Crippen molar-refractivity contribution in [3.63, 3.8) is 0 Å². The predicted octanol–water partition coefficient (Wildman–Crippen LogP) is 1.24. The Labute approximate surface area is 97.5 Å². The molecule has 0 aliphatic heterocycles. The second-order valence-electron chi connectivity index (χ2n) is 4.77. The van der Waals surface area contributed by atoms with Crippen molar-refractivity contribution in [3.8, 4) is 0 Å². The molecule has 0 fully saturated rings. The van der Waals surface area contributed by atoms with Crippen LogP contribution in [0.4, 0.5) is 0 Å². The number of hydrogen-bond donors (Lipinski definition) is 2. The smallest absolute Gasteiger partial charge is 0.0694 e. The summed E-state index contributed by atoms with van der Waals surface area (Å²) in [7, 11) is 1.94. The quantitative estimate of drug-likeness (QED) is 0.810. The van der Waals surface area contributed by atoms with Gasteiger partial charge >= 0.3 is 0 Å². The highest BCUT2D eigenvalue weighted by Crippen LogP contribution is 2.26. The van der Waals surface area contributed by atoms with Crippen LogP contribution in [-0.2, 0) is 7.05 Å². The molecule has 1 aromatic heterocycles. The minimum atomic E-state index is -0.450. The van der Waals surface area contributed by atoms with Crippen molar-refractivity contribution < 1.29 is 5.11 Å². The van der Waals surface area contributed by atoms with Crippen molar-refractivity contribution in [3.05, 3.63) is 17.0 Å². The number of aromatic nitrogens is 2. The van der Waals surface area contributed by atoms with Crippen LogP contribution in [-0.4, -0.2) is 27.0 Å². The number of rotatable bonds is 4. The highest BCUT2D eigenvalue weighted by molar-refractivity contribution is 5.28. The fourth-order valence-corrected chi connectivity index (χ4v) is 2.20. The maximum Gasteiger partial charge on any atom is 0.0694 e. The minimum Gasteiger partial charge on any atom is -0.392 e. The summed E-state index contributed by atoms with van der Waals surface area (Å²) in [6.45, 7) is 8.02. The van der Waals surface area contributed by atoms with Crippen LogP contribution in [0, 0.1) is 13.8 Å². The van der Waals surface area contributed by atoms with Crippen LogP contribution in [0.3, 0.4) is 0 Å². The maximum absolute atomic E-state index is 9.79. The minimum absolute atomic E-state index is 0.181. The Morgan fingerprint density at radius 2 is 1.94 bits per heavy atom. The number of nitrogens with two attached hydrogens (primary N) is 1. The van der Waals surface area contributed by atoms with Crippen LogP contribution in [0.25, 0.3) is 0 Å². The van der Waals surface area contributed by atoms with E-state index in [0.717, 1.165) is 5.69 Å². The van der Waals surface area contributed by atoms with Gasteiger partial charge in [-0.15, -0.1) is 0 Å². The van der Waals surface area contributed by atoms with Gasteiger partial charge < -0.3 is 10.8 Å². The van der Waals surface area contributed by atoms with E-state index in [1.54, 1.807) is 0 Å². The van der Waals surface area contributed by atoms with Gasteiger partial charge in [-0.05, 0) is 38.7 Å². The number of hydrogen-bond acceptors (Lipinski definition) is 3. The van der Waals surface area contributed by atoms with Crippen molar-refractivity contribution >= 4 is 0 Å². The average molecular weight is 225 g/mol. The van der Waals surface area contributed by atoms with Gasteiger partial charge in [0.05, 0.1) is 11.8 Å². The van der Waals surface area contributed by atoms with Crippen LogP contribution >= 0.6 is 0 Å². The van der Waals surface area contributed by atoms with E-state index in [2.05, 4.69) is 18.9 Å². The monoisotopic (exact) mass is 225 g/mol. The lowest BCUT2D eigenvalue weighted by molar-refractivity contribution is 0.134. The molecule has 0 bridgehead atoms. The summed E-state index contributed by atoms with van der Waals surface area (Å²) in [5.74, 6) is 0.287. The third-order valence-corrected chi connectivity index (χ3v) is 3.26. The molecule has 0 aliphatic rings. The summed E-state index contributed by atoms with van der Waals surface area (Å²) in [6, 6.07) is -0.181. The van der Waals surface area contributed by atoms with E-state index in [-0.39, 0.29) is 12.0 Å². The van der Waals surface area contributed by atoms with Gasteiger partial charge in [0.15, 0.2) is 0 Å². The molecule has 1 rings (SSSR count). The predicted molar refractivity (Wildman–Crippen MR) is 65.4 cm³/mol. The van der Waals surface area contributed by atoms with Gasteiger partial charge in [0.2, 0.25) is 0 Å². The number of aliphatic hydroxyl groups excluding tert-OH is 1. The molecule has 1 aromatic rings. The molecule has 0 saturated heterocycles. The van der Waals surface area contributed by atoms with Crippen molar-refractivity contribution in [2.45, 2.75) is 52.2 Å². The van der Waals surface area contributed by atoms with Crippen molar-refractivity contribution in [1.29, 1.82) is 0 Å². The van der Waals surface area contributed by atoms with Gasteiger partial charge in [-0.2, -0.15) is 5.10 Å². The normalized spacial score (nSPS) is 17.2. The van der Waals surface area contributed by atoms with Crippen LogP contribution in [0.5, 0.6) is 0 Å². The fraction of sp³-hybridized carbons (Fsp3) is 0.750. The zero-order chi connectivity index (χ0) is 12.5. The van der Waals surface area contributed by atoms with Gasteiger partial charge in [-0.25, -0.2) is 0 Å². The zero-order valence-corrected chi connectivity index (χ0v) is 10.9. The van der Waals surface area contributed by atoms with E-state index < -0.39 is 6.10 Å². The molecule has 0 spiro atoms. The van der Waals surface area contributed by atoms with Crippen LogP contribution < -0.4 is 5.73 Å². The summed E-state index contributed by atoms with van der Waals surface area (Å²) in [5, 5.41) is 14.2. The Morgan fingerprint density at radius 3 is 2.31 bits per heavy atom. The molecule has 0 radical (unpaired) electrons. The van der Waals surface area contributed by atoms with E-state index in [0.29, 0.717) is 6.42 Å². The van der Waals surface area contributed by atoms with Crippen LogP contribution in [0.2, 0.25) is 0 Å². The van der Waals surface area contributed by atoms with E-state index in [9.17, 15) is 5.11 Å². The second kappa shape index (κ2) is 4.97. The number of aryl methyl sites for hydroxylation is 2. The summed E-state index contributed by atoms with van der Waals surface area (Å²) >= 11 is 0. The molecule has 3 atom stereocenters. The lowest BCUT2D eigenvalue weighted by atomic mass is 9.91. The molecule has 4 heteroatoms. The van der Waals surface area contributed by atoms with Crippen molar-refractivity contribution in [1.82, 2.24) is 9.78 Å². The second-order valence-corrected chi connectivity index (χ2v) is 4.77. The number of aliphatic hydroxyl groups is 1. The summed E-state index contributed by atoms with van der Waals surface area (Å²) in [4.78, 5) is 0. The molecule has 0 amide bonds. The Bertz CT molecular complexity index is 357. The zero-order valence-electron chi connectivity index (χ0n) is 10.9. The summed E-state index contributed by atoms with van der Waals surface area (Å²) < 4.78 is 1.89. The first-order valence-electron chi connectivity index (χ1n) is 5.78.